The van der Waals surface area contributed by atoms with Gasteiger partial charge in [-0.05, 0) is 37.3 Å². The summed E-state index contributed by atoms with van der Waals surface area (Å²) >= 11 is 0. The molecule has 0 aliphatic carbocycles. The van der Waals surface area contributed by atoms with Crippen molar-refractivity contribution in [3.05, 3.63) is 58.9 Å². The standard InChI is InChI=1S/C19H22N2O3/c1-2-15(13-8-4-3-5-9-13)20-18(22)14-12-17(19(23)24)21-11-7-6-10-16(14)21/h3-5,8-9,12,15H,2,6-7,10-11H2,1H3,(H,20,22)(H,23,24). The summed E-state index contributed by atoms with van der Waals surface area (Å²) in [5.74, 6) is -1.17. The second kappa shape index (κ2) is 6.91. The van der Waals surface area contributed by atoms with Gasteiger partial charge in [0, 0.05) is 12.2 Å². The van der Waals surface area contributed by atoms with Gasteiger partial charge in [0.05, 0.1) is 11.6 Å². The van der Waals surface area contributed by atoms with Gasteiger partial charge in [0.1, 0.15) is 5.69 Å². The maximum absolute atomic E-state index is 12.8. The van der Waals surface area contributed by atoms with Crippen LogP contribution in [0.5, 0.6) is 0 Å². The minimum atomic E-state index is -0.979. The number of nitrogens with one attached hydrogen (secondary N) is 1. The molecule has 5 nitrogen and oxygen atoms in total. The number of carboxylic acids is 1. The molecule has 2 aromatic rings. The Morgan fingerprint density at radius 1 is 1.25 bits per heavy atom. The number of nitrogens with zero attached hydrogens (tertiary/aromatic N) is 1. The van der Waals surface area contributed by atoms with Crippen LogP contribution in [0.25, 0.3) is 0 Å². The molecule has 1 aliphatic rings. The first-order chi connectivity index (χ1) is 11.6. The number of hydrogen-bond acceptors (Lipinski definition) is 2. The van der Waals surface area contributed by atoms with Crippen molar-refractivity contribution < 1.29 is 14.7 Å². The lowest BCUT2D eigenvalue weighted by molar-refractivity contribution is 0.0683. The van der Waals surface area contributed by atoms with E-state index in [1.54, 1.807) is 4.57 Å². The van der Waals surface area contributed by atoms with E-state index >= 15 is 0 Å². The molecule has 3 rings (SSSR count). The van der Waals surface area contributed by atoms with Crippen LogP contribution in [0.3, 0.4) is 0 Å². The van der Waals surface area contributed by atoms with Crippen LogP contribution in [-0.4, -0.2) is 21.6 Å². The van der Waals surface area contributed by atoms with E-state index < -0.39 is 5.97 Å². The maximum Gasteiger partial charge on any atom is 0.352 e. The zero-order chi connectivity index (χ0) is 17.1. The third-order valence-corrected chi connectivity index (χ3v) is 4.63. The molecule has 24 heavy (non-hydrogen) atoms. The molecule has 1 atom stereocenters. The fraction of sp³-hybridized carbons (Fsp3) is 0.368. The van der Waals surface area contributed by atoms with Crippen molar-refractivity contribution in [2.75, 3.05) is 0 Å². The summed E-state index contributed by atoms with van der Waals surface area (Å²) in [5, 5.41) is 12.4. The van der Waals surface area contributed by atoms with Gasteiger partial charge in [-0.15, -0.1) is 0 Å². The largest absolute Gasteiger partial charge is 0.477 e. The molecule has 0 radical (unpaired) electrons. The molecule has 0 spiro atoms. The molecule has 0 bridgehead atoms. The summed E-state index contributed by atoms with van der Waals surface area (Å²) in [4.78, 5) is 24.2. The van der Waals surface area contributed by atoms with Crippen molar-refractivity contribution in [3.63, 3.8) is 0 Å². The number of amides is 1. The number of rotatable bonds is 5. The Hall–Kier alpha value is -2.56. The second-order valence-electron chi connectivity index (χ2n) is 6.15. The molecular formula is C19H22N2O3. The van der Waals surface area contributed by atoms with Crippen LogP contribution < -0.4 is 5.32 Å². The number of carboxylic acid groups (broad SMARTS) is 1. The maximum atomic E-state index is 12.8. The summed E-state index contributed by atoms with van der Waals surface area (Å²) in [6, 6.07) is 11.3. The van der Waals surface area contributed by atoms with Crippen LogP contribution in [0.4, 0.5) is 0 Å². The minimum absolute atomic E-state index is 0.0777. The quantitative estimate of drug-likeness (QED) is 0.884. The van der Waals surface area contributed by atoms with E-state index in [0.717, 1.165) is 36.9 Å². The third-order valence-electron chi connectivity index (χ3n) is 4.63. The van der Waals surface area contributed by atoms with Crippen molar-refractivity contribution >= 4 is 11.9 Å². The molecule has 1 aliphatic heterocycles. The molecule has 2 N–H and O–H groups in total. The number of carbonyl (C=O) groups excluding carboxylic acids is 1. The average molecular weight is 326 g/mol. The van der Waals surface area contributed by atoms with Gasteiger partial charge in [-0.1, -0.05) is 37.3 Å². The first-order valence-corrected chi connectivity index (χ1v) is 8.43. The van der Waals surface area contributed by atoms with Gasteiger partial charge in [-0.25, -0.2) is 4.79 Å². The predicted octanol–water partition coefficient (Wildman–Crippen LogP) is 3.40. The highest BCUT2D eigenvalue weighted by atomic mass is 16.4. The van der Waals surface area contributed by atoms with Crippen LogP contribution in [-0.2, 0) is 13.0 Å². The van der Waals surface area contributed by atoms with Crippen molar-refractivity contribution in [2.24, 2.45) is 0 Å². The molecule has 2 heterocycles. The lowest BCUT2D eigenvalue weighted by Crippen LogP contribution is -2.29. The van der Waals surface area contributed by atoms with Gasteiger partial charge in [-0.3, -0.25) is 4.79 Å². The Labute approximate surface area is 141 Å². The van der Waals surface area contributed by atoms with E-state index in [1.807, 2.05) is 37.3 Å². The first-order valence-electron chi connectivity index (χ1n) is 8.43. The van der Waals surface area contributed by atoms with Gasteiger partial charge in [-0.2, -0.15) is 0 Å². The Morgan fingerprint density at radius 3 is 2.67 bits per heavy atom. The fourth-order valence-corrected chi connectivity index (χ4v) is 3.39. The molecule has 1 unspecified atom stereocenters. The molecule has 5 heteroatoms. The van der Waals surface area contributed by atoms with Gasteiger partial charge < -0.3 is 15.0 Å². The summed E-state index contributed by atoms with van der Waals surface area (Å²) in [7, 11) is 0. The number of hydrogen-bond donors (Lipinski definition) is 2. The van der Waals surface area contributed by atoms with Crippen molar-refractivity contribution in [1.29, 1.82) is 0 Å². The highest BCUT2D eigenvalue weighted by Gasteiger charge is 2.26. The number of benzene rings is 1. The van der Waals surface area contributed by atoms with E-state index in [4.69, 9.17) is 0 Å². The van der Waals surface area contributed by atoms with Crippen molar-refractivity contribution in [1.82, 2.24) is 9.88 Å². The molecule has 1 amide bonds. The monoisotopic (exact) mass is 326 g/mol. The van der Waals surface area contributed by atoms with E-state index in [0.29, 0.717) is 12.1 Å². The summed E-state index contributed by atoms with van der Waals surface area (Å²) in [6.07, 6.45) is 3.46. The summed E-state index contributed by atoms with van der Waals surface area (Å²) in [6.45, 7) is 2.69. The average Bonchev–Trinajstić information content (AvgIpc) is 3.00. The van der Waals surface area contributed by atoms with Gasteiger partial charge in [0.15, 0.2) is 0 Å². The lowest BCUT2D eigenvalue weighted by atomic mass is 10.0. The topological polar surface area (TPSA) is 71.3 Å². The molecule has 126 valence electrons. The number of fused-ring (bicyclic) bond motifs is 1. The molecular weight excluding hydrogens is 304 g/mol. The predicted molar refractivity (Wildman–Crippen MR) is 91.3 cm³/mol. The minimum Gasteiger partial charge on any atom is -0.477 e. The first kappa shape index (κ1) is 16.3. The smallest absolute Gasteiger partial charge is 0.352 e. The molecule has 1 aromatic heterocycles. The van der Waals surface area contributed by atoms with Crippen molar-refractivity contribution in [2.45, 2.75) is 45.2 Å². The number of carbonyl (C=O) groups is 2. The molecule has 1 aromatic carbocycles. The normalized spacial score (nSPS) is 14.7. The van der Waals surface area contributed by atoms with Gasteiger partial charge >= 0.3 is 5.97 Å². The Kier molecular flexibility index (Phi) is 4.69. The number of aromatic nitrogens is 1. The third kappa shape index (κ3) is 3.07. The SMILES string of the molecule is CCC(NC(=O)c1cc(C(=O)O)n2c1CCCC2)c1ccccc1. The van der Waals surface area contributed by atoms with Crippen LogP contribution in [0.1, 0.15) is 64.3 Å². The summed E-state index contributed by atoms with van der Waals surface area (Å²) in [5.41, 5.74) is 2.61. The number of aromatic carboxylic acids is 1. The van der Waals surface area contributed by atoms with E-state index in [-0.39, 0.29) is 17.6 Å². The highest BCUT2D eigenvalue weighted by molar-refractivity contribution is 5.99. The fourth-order valence-electron chi connectivity index (χ4n) is 3.39. The molecule has 0 saturated heterocycles. The molecule has 0 fully saturated rings. The van der Waals surface area contributed by atoms with Gasteiger partial charge in [0.2, 0.25) is 0 Å². The van der Waals surface area contributed by atoms with Crippen LogP contribution in [0.15, 0.2) is 36.4 Å². The van der Waals surface area contributed by atoms with E-state index in [2.05, 4.69) is 5.32 Å². The summed E-state index contributed by atoms with van der Waals surface area (Å²) < 4.78 is 1.78. The lowest BCUT2D eigenvalue weighted by Gasteiger charge is -2.20. The zero-order valence-electron chi connectivity index (χ0n) is 13.8. The van der Waals surface area contributed by atoms with Crippen LogP contribution in [0.2, 0.25) is 0 Å². The van der Waals surface area contributed by atoms with Crippen LogP contribution >= 0.6 is 0 Å². The Morgan fingerprint density at radius 2 is 2.00 bits per heavy atom. The Bertz CT molecular complexity index is 749. The van der Waals surface area contributed by atoms with E-state index in [1.165, 1.54) is 6.07 Å². The van der Waals surface area contributed by atoms with Crippen molar-refractivity contribution in [3.8, 4) is 0 Å². The second-order valence-corrected chi connectivity index (χ2v) is 6.15. The Balaban J connectivity index is 1.88. The van der Waals surface area contributed by atoms with E-state index in [9.17, 15) is 14.7 Å². The van der Waals surface area contributed by atoms with Gasteiger partial charge in [0.25, 0.3) is 5.91 Å². The zero-order valence-corrected chi connectivity index (χ0v) is 13.8. The molecule has 0 saturated carbocycles. The van der Waals surface area contributed by atoms with Crippen LogP contribution in [0, 0.1) is 0 Å². The highest BCUT2D eigenvalue weighted by Crippen LogP contribution is 2.25.